The first-order chi connectivity index (χ1) is 47.9. The summed E-state index contributed by atoms with van der Waals surface area (Å²) in [6.07, 6.45) is 4.70. The molecule has 0 aromatic heterocycles. The van der Waals surface area contributed by atoms with Crippen molar-refractivity contribution in [2.45, 2.75) is 140 Å². The predicted octanol–water partition coefficient (Wildman–Crippen LogP) is 5.37. The summed E-state index contributed by atoms with van der Waals surface area (Å²) < 4.78 is 90.1. The second-order valence-corrected chi connectivity index (χ2v) is 32.4. The molecule has 100 heavy (non-hydrogen) atoms. The molecule has 6 atom stereocenters. The lowest BCUT2D eigenvalue weighted by Gasteiger charge is -2.30. The molecule has 550 valence electrons. The third-order valence-electron chi connectivity index (χ3n) is 17.4. The highest BCUT2D eigenvalue weighted by molar-refractivity contribution is 7.89. The maximum absolute atomic E-state index is 15.2. The smallest absolute Gasteiger partial charge is 0.235 e. The zero-order valence-electron chi connectivity index (χ0n) is 58.5. The summed E-state index contributed by atoms with van der Waals surface area (Å²) in [7, 11) is -11.5. The fourth-order valence-corrected chi connectivity index (χ4v) is 16.6. The highest BCUT2D eigenvalue weighted by Crippen LogP contribution is 2.25. The summed E-state index contributed by atoms with van der Waals surface area (Å²) in [4.78, 5) is 87.0. The van der Waals surface area contributed by atoms with Gasteiger partial charge in [0.25, 0.3) is 0 Å². The van der Waals surface area contributed by atoms with E-state index in [9.17, 15) is 44.4 Å². The first-order valence-corrected chi connectivity index (χ1v) is 39.8. The minimum Gasteiger partial charge on any atom is -0.358 e. The fraction of sp³-hybridized carbons (Fsp3) is 0.514. The van der Waals surface area contributed by atoms with Crippen molar-refractivity contribution < 1.29 is 54.0 Å². The molecular weight excluding hydrogens is 1330 g/mol. The summed E-state index contributed by atoms with van der Waals surface area (Å²) in [5, 5.41) is 11.6. The first-order valence-electron chi connectivity index (χ1n) is 35.0. The van der Waals surface area contributed by atoms with E-state index in [4.69, 9.17) is 22.9 Å². The van der Waals surface area contributed by atoms with E-state index in [0.29, 0.717) is 80.3 Å². The zero-order chi connectivity index (χ0) is 72.9. The van der Waals surface area contributed by atoms with Crippen LogP contribution in [0, 0.1) is 23.7 Å². The Morgan fingerprint density at radius 2 is 0.840 bits per heavy atom. The molecule has 0 aliphatic rings. The Hall–Kier alpha value is -7.11. The molecule has 5 rings (SSSR count). The van der Waals surface area contributed by atoms with Gasteiger partial charge in [-0.3, -0.25) is 28.8 Å². The van der Waals surface area contributed by atoms with Crippen LogP contribution in [-0.2, 0) is 89.6 Å². The fourth-order valence-electron chi connectivity index (χ4n) is 12.2. The van der Waals surface area contributed by atoms with Crippen LogP contribution in [-0.4, -0.2) is 170 Å². The van der Waals surface area contributed by atoms with Crippen molar-refractivity contribution in [3.8, 4) is 0 Å². The van der Waals surface area contributed by atoms with E-state index in [0.717, 1.165) is 31.3 Å². The average Bonchev–Trinajstić information content (AvgIpc) is 0.841. The van der Waals surface area contributed by atoms with Crippen molar-refractivity contribution in [3.63, 3.8) is 0 Å². The van der Waals surface area contributed by atoms with Crippen molar-refractivity contribution in [2.75, 3.05) is 78.2 Å². The van der Waals surface area contributed by atoms with Gasteiger partial charge < -0.3 is 44.2 Å². The topological polar surface area (TPSA) is 367 Å². The number of nitrogens with zero attached hydrogens (tertiary/aromatic N) is 3. The molecule has 0 aliphatic heterocycles. The standard InChI is InChI=1S/C74H109N11O12S3/c1-57(2)43-64(36-20-23-39-76)73(90)80-66(37-21-24-40-77)50-84(99(94,95)55-61-31-15-7-16-32-61)54-72(89)82-69(46-60-29-13-6-14-30-60)70(87)47-63(35-19-22-38-75)49-83(98(92,93)42-41-78)52-68(86)48-65(44-58-25-9-4-10-26-58)74(91)81-67(45-59-27-11-5-12-28-59)51-85(53-71(88)79-3)100(96,97)56-62-33-17-8-18-34-62/h4-18,25-34,57,63-67,69H,19-24,35-56,75-78H2,1-3H3,(H,79,88)(H,80,90)(H,81,91)(H,82,89)/t63-,64?,65-,66+,67+,69+/m1/s1. The molecule has 4 amide bonds. The normalized spacial score (nSPS) is 13.9. The van der Waals surface area contributed by atoms with E-state index >= 15 is 9.59 Å². The molecule has 0 radical (unpaired) electrons. The molecule has 0 bridgehead atoms. The summed E-state index contributed by atoms with van der Waals surface area (Å²) in [5.41, 5.74) is 26.7. The molecule has 12 N–H and O–H groups in total. The number of hydrogen-bond acceptors (Lipinski definition) is 16. The van der Waals surface area contributed by atoms with E-state index in [1.54, 1.807) is 133 Å². The van der Waals surface area contributed by atoms with Gasteiger partial charge in [0.1, 0.15) is 5.78 Å². The number of Topliss-reactive ketones (excluding diaryl/α,β-unsaturated/α-hetero) is 2. The van der Waals surface area contributed by atoms with Crippen LogP contribution in [0.2, 0.25) is 0 Å². The lowest BCUT2D eigenvalue weighted by atomic mass is 9.90. The maximum atomic E-state index is 15.2. The van der Waals surface area contributed by atoms with Crippen molar-refractivity contribution in [1.82, 2.24) is 34.2 Å². The minimum atomic E-state index is -4.35. The van der Waals surface area contributed by atoms with Gasteiger partial charge >= 0.3 is 0 Å². The lowest BCUT2D eigenvalue weighted by Crippen LogP contribution is -2.52. The SMILES string of the molecule is CNC(=O)CN(C[C@H](Cc1ccccc1)NC(=O)[C@@H](CC(=O)CN(C[C@H](CCCCN)CC(=O)[C@H](Cc1ccccc1)NC(=O)CN(C[C@H](CCCCN)NC(=O)C(CCCCN)CC(C)C)S(=O)(=O)Cc1ccccc1)S(=O)(=O)CCN)Cc1ccccc1)S(=O)(=O)Cc1ccccc1. The molecule has 0 saturated carbocycles. The van der Waals surface area contributed by atoms with Crippen LogP contribution in [0.4, 0.5) is 0 Å². The molecular formula is C74H109N11O12S3. The Bertz CT molecular complexity index is 3610. The summed E-state index contributed by atoms with van der Waals surface area (Å²) >= 11 is 0. The van der Waals surface area contributed by atoms with Gasteiger partial charge in [-0.05, 0) is 123 Å². The van der Waals surface area contributed by atoms with Crippen LogP contribution >= 0.6 is 0 Å². The van der Waals surface area contributed by atoms with E-state index in [1.165, 1.54) is 7.05 Å². The van der Waals surface area contributed by atoms with Gasteiger partial charge in [0.2, 0.25) is 53.7 Å². The number of carbonyl (C=O) groups excluding carboxylic acids is 6. The third-order valence-corrected chi connectivity index (χ3v) is 22.8. The first kappa shape index (κ1) is 83.6. The quantitative estimate of drug-likeness (QED) is 0.0227. The van der Waals surface area contributed by atoms with Crippen LogP contribution in [0.25, 0.3) is 0 Å². The molecule has 5 aromatic rings. The van der Waals surface area contributed by atoms with E-state index in [1.807, 2.05) is 32.0 Å². The number of nitrogens with two attached hydrogens (primary N) is 4. The van der Waals surface area contributed by atoms with Crippen molar-refractivity contribution >= 4 is 65.3 Å². The number of ketones is 2. The highest BCUT2D eigenvalue weighted by atomic mass is 32.2. The average molecular weight is 1440 g/mol. The number of benzene rings is 5. The third kappa shape index (κ3) is 31.0. The van der Waals surface area contributed by atoms with Gasteiger partial charge in [0, 0.05) is 70.0 Å². The molecule has 0 saturated heterocycles. The number of sulfonamides is 3. The number of carbonyl (C=O) groups is 6. The lowest BCUT2D eigenvalue weighted by molar-refractivity contribution is -0.130. The van der Waals surface area contributed by atoms with Crippen LogP contribution in [0.15, 0.2) is 152 Å². The Labute approximate surface area is 594 Å². The molecule has 0 heterocycles. The van der Waals surface area contributed by atoms with Gasteiger partial charge in [0.05, 0.1) is 42.9 Å². The zero-order valence-corrected chi connectivity index (χ0v) is 61.0. The van der Waals surface area contributed by atoms with Gasteiger partial charge in [0.15, 0.2) is 5.78 Å². The van der Waals surface area contributed by atoms with Crippen LogP contribution < -0.4 is 44.2 Å². The highest BCUT2D eigenvalue weighted by Gasteiger charge is 2.36. The maximum Gasteiger partial charge on any atom is 0.235 e. The van der Waals surface area contributed by atoms with Crippen molar-refractivity contribution in [1.29, 1.82) is 0 Å². The molecule has 5 aromatic carbocycles. The van der Waals surface area contributed by atoms with Crippen molar-refractivity contribution in [2.24, 2.45) is 46.6 Å². The van der Waals surface area contributed by atoms with Gasteiger partial charge in [-0.1, -0.05) is 185 Å². The summed E-state index contributed by atoms with van der Waals surface area (Å²) in [6.45, 7) is 1.93. The summed E-state index contributed by atoms with van der Waals surface area (Å²) in [5.74, 6) is -6.93. The molecule has 0 aliphatic carbocycles. The summed E-state index contributed by atoms with van der Waals surface area (Å²) in [6, 6.07) is 40.9. The van der Waals surface area contributed by atoms with Crippen LogP contribution in [0.5, 0.6) is 0 Å². The Balaban J connectivity index is 1.47. The molecule has 26 heteroatoms. The van der Waals surface area contributed by atoms with E-state index < -0.39 is 133 Å². The van der Waals surface area contributed by atoms with Crippen LogP contribution in [0.1, 0.15) is 119 Å². The Kier molecular flexibility index (Phi) is 37.0. The Morgan fingerprint density at radius 3 is 1.32 bits per heavy atom. The molecule has 23 nitrogen and oxygen atoms in total. The predicted molar refractivity (Wildman–Crippen MR) is 394 cm³/mol. The molecule has 1 unspecified atom stereocenters. The molecule has 0 fully saturated rings. The largest absolute Gasteiger partial charge is 0.358 e. The number of unbranched alkanes of at least 4 members (excludes halogenated alkanes) is 3. The minimum absolute atomic E-state index is 0.0164. The number of likely N-dealkylation sites (N-methyl/N-ethyl adjacent to an activating group) is 1. The number of nitrogens with one attached hydrogen (secondary N) is 4. The Morgan fingerprint density at radius 1 is 0.420 bits per heavy atom. The van der Waals surface area contributed by atoms with Gasteiger partial charge in [-0.2, -0.15) is 12.9 Å². The monoisotopic (exact) mass is 1440 g/mol. The second-order valence-electron chi connectivity index (χ2n) is 26.4. The van der Waals surface area contributed by atoms with Gasteiger partial charge in [-0.15, -0.1) is 0 Å². The number of rotatable bonds is 51. The second kappa shape index (κ2) is 44.3. The number of hydrogen-bond donors (Lipinski definition) is 8. The van der Waals surface area contributed by atoms with E-state index in [-0.39, 0.29) is 82.6 Å². The van der Waals surface area contributed by atoms with Crippen LogP contribution in [0.3, 0.4) is 0 Å². The number of amides is 4. The van der Waals surface area contributed by atoms with Crippen molar-refractivity contribution in [3.05, 3.63) is 179 Å². The van der Waals surface area contributed by atoms with Gasteiger partial charge in [-0.25, -0.2) is 25.3 Å². The molecule has 0 spiro atoms. The van der Waals surface area contributed by atoms with E-state index in [2.05, 4.69) is 21.3 Å².